The normalized spacial score (nSPS) is 33.9. The fourth-order valence-electron chi connectivity index (χ4n) is 2.82. The molecule has 86 valence electrons. The van der Waals surface area contributed by atoms with E-state index < -0.39 is 0 Å². The molecule has 1 N–H and O–H groups in total. The maximum absolute atomic E-state index is 11.9. The Kier molecular flexibility index (Phi) is 2.17. The molecule has 3 fully saturated rings. The fraction of sp³-hybridized carbons (Fsp3) is 0.357. The summed E-state index contributed by atoms with van der Waals surface area (Å²) in [6.45, 7) is 0. The van der Waals surface area contributed by atoms with Crippen LogP contribution in [0.3, 0.4) is 0 Å². The van der Waals surface area contributed by atoms with Gasteiger partial charge in [-0.15, -0.1) is 5.73 Å². The highest BCUT2D eigenvalue weighted by molar-refractivity contribution is 6.05. The van der Waals surface area contributed by atoms with E-state index >= 15 is 0 Å². The molecule has 0 aromatic heterocycles. The van der Waals surface area contributed by atoms with Gasteiger partial charge in [-0.05, 0) is 37.0 Å². The standard InChI is InChI=1S/C14H13NO2/c16-12-11-8-14(9-11,13(17)15-12)7-10-5-3-1-2-4-6-10/h1-3,5-6,11H,7-9H2,(H,15,16,17). The van der Waals surface area contributed by atoms with Crippen molar-refractivity contribution in [2.24, 2.45) is 11.3 Å². The summed E-state index contributed by atoms with van der Waals surface area (Å²) >= 11 is 0. The van der Waals surface area contributed by atoms with Gasteiger partial charge in [0.25, 0.3) is 0 Å². The first-order chi connectivity index (χ1) is 8.20. The van der Waals surface area contributed by atoms with Crippen molar-refractivity contribution in [1.29, 1.82) is 0 Å². The van der Waals surface area contributed by atoms with Gasteiger partial charge in [-0.2, -0.15) is 0 Å². The van der Waals surface area contributed by atoms with E-state index in [1.54, 1.807) is 0 Å². The predicted molar refractivity (Wildman–Crippen MR) is 62.8 cm³/mol. The third kappa shape index (κ3) is 1.60. The molecule has 3 nitrogen and oxygen atoms in total. The smallest absolute Gasteiger partial charge is 0.233 e. The number of imide groups is 1. The SMILES string of the molecule is O=C1NC(=O)C2(CC3=CC=CC=C=C3)CC1C2. The number of fused-ring (bicyclic) bond motifs is 2. The zero-order valence-corrected chi connectivity index (χ0v) is 9.40. The third-order valence-electron chi connectivity index (χ3n) is 3.79. The Morgan fingerprint density at radius 2 is 2.18 bits per heavy atom. The maximum Gasteiger partial charge on any atom is 0.233 e. The van der Waals surface area contributed by atoms with Crippen LogP contribution in [0, 0.1) is 11.3 Å². The number of nitrogens with one attached hydrogen (secondary N) is 1. The van der Waals surface area contributed by atoms with E-state index in [0.717, 1.165) is 5.57 Å². The fourth-order valence-corrected chi connectivity index (χ4v) is 2.82. The first-order valence-electron chi connectivity index (χ1n) is 5.83. The van der Waals surface area contributed by atoms with Crippen LogP contribution in [0.1, 0.15) is 19.3 Å². The Hall–Kier alpha value is -1.86. The molecule has 3 heteroatoms. The van der Waals surface area contributed by atoms with Gasteiger partial charge >= 0.3 is 0 Å². The number of hydrogen-bond acceptors (Lipinski definition) is 2. The molecule has 0 aromatic rings. The molecule has 0 spiro atoms. The van der Waals surface area contributed by atoms with Gasteiger partial charge in [0.15, 0.2) is 0 Å². The lowest BCUT2D eigenvalue weighted by molar-refractivity contribution is -0.158. The van der Waals surface area contributed by atoms with Crippen LogP contribution >= 0.6 is 0 Å². The number of hydrogen-bond donors (Lipinski definition) is 1. The van der Waals surface area contributed by atoms with E-state index in [-0.39, 0.29) is 23.1 Å². The molecular weight excluding hydrogens is 214 g/mol. The predicted octanol–water partition coefficient (Wildman–Crippen LogP) is 1.64. The van der Waals surface area contributed by atoms with Crippen molar-refractivity contribution in [3.05, 3.63) is 41.7 Å². The van der Waals surface area contributed by atoms with Crippen LogP contribution in [0.2, 0.25) is 0 Å². The van der Waals surface area contributed by atoms with E-state index in [1.165, 1.54) is 0 Å². The Balaban J connectivity index is 1.81. The molecule has 2 saturated heterocycles. The zero-order valence-electron chi connectivity index (χ0n) is 9.40. The monoisotopic (exact) mass is 227 g/mol. The van der Waals surface area contributed by atoms with Gasteiger partial charge < -0.3 is 0 Å². The molecule has 17 heavy (non-hydrogen) atoms. The maximum atomic E-state index is 11.9. The van der Waals surface area contributed by atoms with Crippen molar-refractivity contribution in [2.45, 2.75) is 19.3 Å². The van der Waals surface area contributed by atoms with Gasteiger partial charge in [-0.1, -0.05) is 18.2 Å². The largest absolute Gasteiger partial charge is 0.296 e. The summed E-state index contributed by atoms with van der Waals surface area (Å²) in [5, 5.41) is 2.46. The second kappa shape index (κ2) is 3.57. The summed E-state index contributed by atoms with van der Waals surface area (Å²) < 4.78 is 0. The van der Waals surface area contributed by atoms with Crippen molar-refractivity contribution < 1.29 is 9.59 Å². The van der Waals surface area contributed by atoms with Crippen molar-refractivity contribution >= 4 is 11.8 Å². The van der Waals surface area contributed by atoms with Crippen molar-refractivity contribution in [1.82, 2.24) is 5.32 Å². The number of amides is 2. The van der Waals surface area contributed by atoms with Gasteiger partial charge in [0.1, 0.15) is 0 Å². The number of carbonyl (C=O) groups excluding carboxylic acids is 2. The molecule has 2 amide bonds. The van der Waals surface area contributed by atoms with Crippen LogP contribution in [-0.2, 0) is 9.59 Å². The molecule has 4 aliphatic rings. The average Bonchev–Trinajstić information content (AvgIpc) is 2.48. The highest BCUT2D eigenvalue weighted by Gasteiger charge is 2.57. The summed E-state index contributed by atoms with van der Waals surface area (Å²) in [7, 11) is 0. The third-order valence-corrected chi connectivity index (χ3v) is 3.79. The van der Waals surface area contributed by atoms with Crippen LogP contribution in [0.5, 0.6) is 0 Å². The van der Waals surface area contributed by atoms with Crippen LogP contribution in [0.25, 0.3) is 0 Å². The van der Waals surface area contributed by atoms with Crippen LogP contribution in [-0.4, -0.2) is 11.8 Å². The Morgan fingerprint density at radius 1 is 1.35 bits per heavy atom. The minimum atomic E-state index is -0.346. The summed E-state index contributed by atoms with van der Waals surface area (Å²) in [4.78, 5) is 23.3. The molecule has 4 rings (SSSR count). The van der Waals surface area contributed by atoms with E-state index in [1.807, 2.05) is 30.4 Å². The summed E-state index contributed by atoms with van der Waals surface area (Å²) in [5.74, 6) is -0.146. The number of rotatable bonds is 2. The Labute approximate surface area is 99.6 Å². The van der Waals surface area contributed by atoms with Crippen molar-refractivity contribution in [3.63, 3.8) is 0 Å². The lowest BCUT2D eigenvalue weighted by Crippen LogP contribution is -2.61. The minimum absolute atomic E-state index is 0.0501. The van der Waals surface area contributed by atoms with Crippen molar-refractivity contribution in [2.75, 3.05) is 0 Å². The molecular formula is C14H13NO2. The quantitative estimate of drug-likeness (QED) is 0.575. The first-order valence-corrected chi connectivity index (χ1v) is 5.83. The molecule has 1 saturated carbocycles. The molecule has 0 aromatic carbocycles. The van der Waals surface area contributed by atoms with Gasteiger partial charge in [-0.25, -0.2) is 0 Å². The average molecular weight is 227 g/mol. The lowest BCUT2D eigenvalue weighted by Gasteiger charge is -2.49. The second-order valence-electron chi connectivity index (χ2n) is 4.98. The van der Waals surface area contributed by atoms with Gasteiger partial charge in [-0.3, -0.25) is 14.9 Å². The Morgan fingerprint density at radius 3 is 2.94 bits per heavy atom. The summed E-state index contributed by atoms with van der Waals surface area (Å²) in [6, 6.07) is 0. The van der Waals surface area contributed by atoms with E-state index in [4.69, 9.17) is 0 Å². The molecule has 2 heterocycles. The number of piperidine rings is 2. The highest BCUT2D eigenvalue weighted by atomic mass is 16.2. The van der Waals surface area contributed by atoms with Gasteiger partial charge in [0, 0.05) is 5.92 Å². The number of allylic oxidation sites excluding steroid dienone is 5. The molecule has 0 unspecified atom stereocenters. The van der Waals surface area contributed by atoms with E-state index in [9.17, 15) is 9.59 Å². The topological polar surface area (TPSA) is 46.2 Å². The minimum Gasteiger partial charge on any atom is -0.296 e. The zero-order chi connectivity index (χ0) is 11.9. The van der Waals surface area contributed by atoms with Crippen LogP contribution in [0.15, 0.2) is 41.7 Å². The van der Waals surface area contributed by atoms with E-state index in [0.29, 0.717) is 19.3 Å². The second-order valence-corrected chi connectivity index (χ2v) is 4.98. The molecule has 2 bridgehead atoms. The van der Waals surface area contributed by atoms with Crippen LogP contribution in [0.4, 0.5) is 0 Å². The molecule has 2 aliphatic carbocycles. The molecule has 2 aliphatic heterocycles. The van der Waals surface area contributed by atoms with Crippen LogP contribution < -0.4 is 5.32 Å². The lowest BCUT2D eigenvalue weighted by atomic mass is 9.56. The van der Waals surface area contributed by atoms with E-state index in [2.05, 4.69) is 11.0 Å². The molecule has 0 atom stereocenters. The van der Waals surface area contributed by atoms with Crippen molar-refractivity contribution in [3.8, 4) is 0 Å². The highest BCUT2D eigenvalue weighted by Crippen LogP contribution is 2.52. The Bertz CT molecular complexity index is 512. The molecule has 0 radical (unpaired) electrons. The number of carbonyl (C=O) groups is 2. The van der Waals surface area contributed by atoms with Gasteiger partial charge in [0.05, 0.1) is 5.41 Å². The summed E-state index contributed by atoms with van der Waals surface area (Å²) in [6.07, 6.45) is 11.7. The van der Waals surface area contributed by atoms with Gasteiger partial charge in [0.2, 0.25) is 11.8 Å². The summed E-state index contributed by atoms with van der Waals surface area (Å²) in [5.41, 5.74) is 3.79. The first kappa shape index (κ1) is 10.3.